The molecule has 1 aliphatic rings. The number of ether oxygens (including phenoxy) is 2. The van der Waals surface area contributed by atoms with Crippen molar-refractivity contribution in [3.63, 3.8) is 0 Å². The molecule has 3 aromatic rings. The number of sulfone groups is 1. The number of fused-ring (bicyclic) bond motifs is 1. The predicted octanol–water partition coefficient (Wildman–Crippen LogP) is 3.06. The van der Waals surface area contributed by atoms with Crippen LogP contribution < -0.4 is 4.74 Å². The minimum absolute atomic E-state index is 0.118. The number of rotatable bonds is 6. The van der Waals surface area contributed by atoms with Crippen molar-refractivity contribution in [3.8, 4) is 17.3 Å². The molecule has 1 saturated heterocycles. The highest BCUT2D eigenvalue weighted by atomic mass is 32.2. The summed E-state index contributed by atoms with van der Waals surface area (Å²) in [6.45, 7) is 5.49. The van der Waals surface area contributed by atoms with E-state index in [1.54, 1.807) is 23.2 Å². The van der Waals surface area contributed by atoms with Crippen LogP contribution in [0.1, 0.15) is 26.7 Å². The monoisotopic (exact) mass is 473 g/mol. The van der Waals surface area contributed by atoms with Gasteiger partial charge in [-0.25, -0.2) is 18.2 Å². The van der Waals surface area contributed by atoms with Gasteiger partial charge in [0.25, 0.3) is 0 Å². The number of hydrogen-bond acceptors (Lipinski definition) is 8. The standard InChI is InChI=1S/C22H27N5O5S/c1-14(2)13-31-22(28)27-10-8-16(9-11-27)32-21-18-12-23-26-20(18)24-19(25-21)15-4-6-17(7-5-15)33(3,29)30/h4-7,12,14,16H,8-11,13H2,1-3H3,(H,23,24,25,26). The van der Waals surface area contributed by atoms with Gasteiger partial charge in [0.15, 0.2) is 21.3 Å². The minimum Gasteiger partial charge on any atom is -0.474 e. The Morgan fingerprint density at radius 3 is 2.52 bits per heavy atom. The summed E-state index contributed by atoms with van der Waals surface area (Å²) in [5.74, 6) is 1.09. The number of piperidine rings is 1. The first-order valence-electron chi connectivity index (χ1n) is 10.8. The molecular weight excluding hydrogens is 446 g/mol. The van der Waals surface area contributed by atoms with Gasteiger partial charge in [-0.05, 0) is 30.2 Å². The molecule has 1 fully saturated rings. The first-order chi connectivity index (χ1) is 15.7. The highest BCUT2D eigenvalue weighted by molar-refractivity contribution is 7.90. The number of carbonyl (C=O) groups is 1. The van der Waals surface area contributed by atoms with Gasteiger partial charge in [0.2, 0.25) is 5.88 Å². The molecule has 0 bridgehead atoms. The highest BCUT2D eigenvalue weighted by Gasteiger charge is 2.26. The molecule has 1 amide bonds. The minimum atomic E-state index is -3.29. The zero-order valence-corrected chi connectivity index (χ0v) is 19.6. The number of carbonyl (C=O) groups excluding carboxylic acids is 1. The molecule has 4 rings (SSSR count). The second-order valence-corrected chi connectivity index (χ2v) is 10.6. The SMILES string of the molecule is CC(C)COC(=O)N1CCC(Oc2nc(-c3ccc(S(C)(=O)=O)cc3)nc3[nH]ncc23)CC1. The molecule has 0 aliphatic carbocycles. The number of nitrogens with one attached hydrogen (secondary N) is 1. The summed E-state index contributed by atoms with van der Waals surface area (Å²) in [5, 5.41) is 7.55. The lowest BCUT2D eigenvalue weighted by atomic mass is 10.1. The molecule has 10 nitrogen and oxygen atoms in total. The van der Waals surface area contributed by atoms with Crippen LogP contribution in [0.15, 0.2) is 35.4 Å². The zero-order valence-electron chi connectivity index (χ0n) is 18.8. The molecule has 0 saturated carbocycles. The number of aromatic amines is 1. The predicted molar refractivity (Wildman–Crippen MR) is 122 cm³/mol. The molecule has 176 valence electrons. The Morgan fingerprint density at radius 2 is 1.88 bits per heavy atom. The summed E-state index contributed by atoms with van der Waals surface area (Å²) in [7, 11) is -3.29. The van der Waals surface area contributed by atoms with Crippen molar-refractivity contribution in [2.24, 2.45) is 5.92 Å². The van der Waals surface area contributed by atoms with E-state index in [9.17, 15) is 13.2 Å². The van der Waals surface area contributed by atoms with Crippen LogP contribution in [0.3, 0.4) is 0 Å². The normalized spacial score (nSPS) is 15.2. The van der Waals surface area contributed by atoms with Crippen molar-refractivity contribution >= 4 is 27.0 Å². The summed E-state index contributed by atoms with van der Waals surface area (Å²) in [6, 6.07) is 6.39. The maximum Gasteiger partial charge on any atom is 0.409 e. The first kappa shape index (κ1) is 23.0. The summed E-state index contributed by atoms with van der Waals surface area (Å²) in [5.41, 5.74) is 1.18. The molecule has 1 aliphatic heterocycles. The molecule has 2 aromatic heterocycles. The Kier molecular flexibility index (Phi) is 6.50. The van der Waals surface area contributed by atoms with E-state index >= 15 is 0 Å². The molecule has 1 N–H and O–H groups in total. The molecule has 1 aromatic carbocycles. The van der Waals surface area contributed by atoms with E-state index in [1.165, 1.54) is 12.1 Å². The summed E-state index contributed by atoms with van der Waals surface area (Å²) in [6.07, 6.45) is 3.67. The van der Waals surface area contributed by atoms with Crippen LogP contribution in [0.25, 0.3) is 22.4 Å². The van der Waals surface area contributed by atoms with Gasteiger partial charge in [-0.2, -0.15) is 10.1 Å². The van der Waals surface area contributed by atoms with E-state index in [0.717, 1.165) is 6.26 Å². The zero-order chi connectivity index (χ0) is 23.6. The lowest BCUT2D eigenvalue weighted by Gasteiger charge is -2.31. The second-order valence-electron chi connectivity index (χ2n) is 8.56. The quantitative estimate of drug-likeness (QED) is 0.579. The number of benzene rings is 1. The molecule has 0 atom stereocenters. The van der Waals surface area contributed by atoms with Gasteiger partial charge in [-0.15, -0.1) is 0 Å². The topological polar surface area (TPSA) is 127 Å². The number of aromatic nitrogens is 4. The van der Waals surface area contributed by atoms with Gasteiger partial charge in [-0.3, -0.25) is 5.10 Å². The third kappa shape index (κ3) is 5.41. The van der Waals surface area contributed by atoms with Crippen LogP contribution in [0.2, 0.25) is 0 Å². The highest BCUT2D eigenvalue weighted by Crippen LogP contribution is 2.28. The Balaban J connectivity index is 1.49. The Labute approximate surface area is 192 Å². The van der Waals surface area contributed by atoms with E-state index in [1.807, 2.05) is 13.8 Å². The fourth-order valence-electron chi connectivity index (χ4n) is 3.52. The van der Waals surface area contributed by atoms with E-state index in [0.29, 0.717) is 66.8 Å². The molecule has 3 heterocycles. The average molecular weight is 474 g/mol. The fraction of sp³-hybridized carbons (Fsp3) is 0.455. The number of likely N-dealkylation sites (tertiary alicyclic amines) is 1. The van der Waals surface area contributed by atoms with E-state index in [2.05, 4.69) is 20.2 Å². The summed E-state index contributed by atoms with van der Waals surface area (Å²) < 4.78 is 35.0. The van der Waals surface area contributed by atoms with Crippen molar-refractivity contribution in [1.29, 1.82) is 0 Å². The number of nitrogens with zero attached hydrogens (tertiary/aromatic N) is 4. The van der Waals surface area contributed by atoms with Crippen LogP contribution in [0.4, 0.5) is 4.79 Å². The molecule has 0 radical (unpaired) electrons. The summed E-state index contributed by atoms with van der Waals surface area (Å²) >= 11 is 0. The van der Waals surface area contributed by atoms with Gasteiger partial charge >= 0.3 is 6.09 Å². The molecule has 11 heteroatoms. The largest absolute Gasteiger partial charge is 0.474 e. The molecular formula is C22H27N5O5S. The van der Waals surface area contributed by atoms with Crippen LogP contribution in [0.5, 0.6) is 5.88 Å². The van der Waals surface area contributed by atoms with Crippen LogP contribution in [-0.2, 0) is 14.6 Å². The Hall–Kier alpha value is -3.21. The summed E-state index contributed by atoms with van der Waals surface area (Å²) in [4.78, 5) is 23.2. The third-order valence-corrected chi connectivity index (χ3v) is 6.46. The average Bonchev–Trinajstić information content (AvgIpc) is 3.26. The van der Waals surface area contributed by atoms with Crippen molar-refractivity contribution in [2.45, 2.75) is 37.7 Å². The Bertz CT molecular complexity index is 1230. The van der Waals surface area contributed by atoms with Crippen LogP contribution in [-0.4, -0.2) is 71.6 Å². The van der Waals surface area contributed by atoms with E-state index < -0.39 is 9.84 Å². The van der Waals surface area contributed by atoms with Crippen LogP contribution >= 0.6 is 0 Å². The maximum absolute atomic E-state index is 12.2. The van der Waals surface area contributed by atoms with Crippen molar-refractivity contribution < 1.29 is 22.7 Å². The first-order valence-corrected chi connectivity index (χ1v) is 12.7. The Morgan fingerprint density at radius 1 is 1.18 bits per heavy atom. The van der Waals surface area contributed by atoms with Gasteiger partial charge in [0, 0.05) is 37.8 Å². The van der Waals surface area contributed by atoms with Crippen molar-refractivity contribution in [2.75, 3.05) is 26.0 Å². The van der Waals surface area contributed by atoms with Gasteiger partial charge in [-0.1, -0.05) is 13.8 Å². The second kappa shape index (κ2) is 9.34. The fourth-order valence-corrected chi connectivity index (χ4v) is 4.15. The number of amides is 1. The molecule has 33 heavy (non-hydrogen) atoms. The molecule has 0 spiro atoms. The van der Waals surface area contributed by atoms with Gasteiger partial charge < -0.3 is 14.4 Å². The maximum atomic E-state index is 12.2. The molecule has 0 unspecified atom stereocenters. The van der Waals surface area contributed by atoms with Crippen molar-refractivity contribution in [3.05, 3.63) is 30.5 Å². The van der Waals surface area contributed by atoms with Crippen molar-refractivity contribution in [1.82, 2.24) is 25.1 Å². The van der Waals surface area contributed by atoms with E-state index in [4.69, 9.17) is 9.47 Å². The van der Waals surface area contributed by atoms with Crippen LogP contribution in [0, 0.1) is 5.92 Å². The number of hydrogen-bond donors (Lipinski definition) is 1. The lowest BCUT2D eigenvalue weighted by molar-refractivity contribution is 0.0611. The van der Waals surface area contributed by atoms with E-state index in [-0.39, 0.29) is 17.1 Å². The third-order valence-electron chi connectivity index (χ3n) is 5.33. The van der Waals surface area contributed by atoms with Gasteiger partial charge in [0.1, 0.15) is 11.5 Å². The smallest absolute Gasteiger partial charge is 0.409 e. The number of H-pyrrole nitrogens is 1. The lowest BCUT2D eigenvalue weighted by Crippen LogP contribution is -2.42. The van der Waals surface area contributed by atoms with Gasteiger partial charge in [0.05, 0.1) is 17.7 Å².